The van der Waals surface area contributed by atoms with Crippen molar-refractivity contribution < 1.29 is 14.3 Å². The van der Waals surface area contributed by atoms with Crippen molar-refractivity contribution in [3.8, 4) is 11.8 Å². The summed E-state index contributed by atoms with van der Waals surface area (Å²) in [4.78, 5) is 22.6. The minimum atomic E-state index is -0.381. The van der Waals surface area contributed by atoms with Gasteiger partial charge in [-0.3, -0.25) is 9.59 Å². The Morgan fingerprint density at radius 2 is 1.89 bits per heavy atom. The van der Waals surface area contributed by atoms with E-state index in [-0.39, 0.29) is 24.6 Å². The Hall–Kier alpha value is -2.12. The molecule has 4 heteroatoms. The largest absolute Gasteiger partial charge is 0.469 e. The number of nitrogens with two attached hydrogens (primary N) is 1. The minimum absolute atomic E-state index is 0.0845. The van der Waals surface area contributed by atoms with Gasteiger partial charge in [-0.1, -0.05) is 24.0 Å². The zero-order valence-corrected chi connectivity index (χ0v) is 10.2. The molecule has 1 aromatic carbocycles. The summed E-state index contributed by atoms with van der Waals surface area (Å²) in [7, 11) is 1.30. The average molecular weight is 245 g/mol. The van der Waals surface area contributed by atoms with Crippen LogP contribution in [0, 0.1) is 11.8 Å². The third-order valence-electron chi connectivity index (χ3n) is 2.33. The summed E-state index contributed by atoms with van der Waals surface area (Å²) in [6.07, 6.45) is 0.255. The van der Waals surface area contributed by atoms with Crippen molar-refractivity contribution in [1.82, 2.24) is 0 Å². The quantitative estimate of drug-likeness (QED) is 0.490. The van der Waals surface area contributed by atoms with E-state index >= 15 is 0 Å². The summed E-state index contributed by atoms with van der Waals surface area (Å²) in [6.45, 7) is 0.305. The van der Waals surface area contributed by atoms with E-state index in [4.69, 9.17) is 5.73 Å². The summed E-state index contributed by atoms with van der Waals surface area (Å²) >= 11 is 0. The first-order valence-electron chi connectivity index (χ1n) is 5.56. The van der Waals surface area contributed by atoms with Crippen LogP contribution in [0.3, 0.4) is 0 Å². The molecule has 94 valence electrons. The Morgan fingerprint density at radius 1 is 1.22 bits per heavy atom. The van der Waals surface area contributed by atoms with Gasteiger partial charge in [-0.2, -0.15) is 0 Å². The Morgan fingerprint density at radius 3 is 2.44 bits per heavy atom. The maximum absolute atomic E-state index is 11.7. The highest BCUT2D eigenvalue weighted by molar-refractivity contribution is 5.97. The first-order chi connectivity index (χ1) is 8.67. The molecular weight excluding hydrogens is 230 g/mol. The van der Waals surface area contributed by atoms with Crippen molar-refractivity contribution in [1.29, 1.82) is 0 Å². The monoisotopic (exact) mass is 245 g/mol. The molecule has 0 amide bonds. The highest BCUT2D eigenvalue weighted by atomic mass is 16.5. The van der Waals surface area contributed by atoms with Crippen molar-refractivity contribution in [2.24, 2.45) is 5.73 Å². The van der Waals surface area contributed by atoms with Crippen LogP contribution in [0.15, 0.2) is 24.3 Å². The van der Waals surface area contributed by atoms with Crippen LogP contribution in [0.1, 0.15) is 28.8 Å². The van der Waals surface area contributed by atoms with Crippen LogP contribution < -0.4 is 5.73 Å². The SMILES string of the molecule is COC(=O)CCC(=O)c1ccc(C#CCN)cc1. The van der Waals surface area contributed by atoms with Gasteiger partial charge in [0.15, 0.2) is 5.78 Å². The lowest BCUT2D eigenvalue weighted by Gasteiger charge is -2.00. The first kappa shape index (κ1) is 13.9. The minimum Gasteiger partial charge on any atom is -0.469 e. The lowest BCUT2D eigenvalue weighted by Crippen LogP contribution is -2.05. The van der Waals surface area contributed by atoms with Crippen LogP contribution in [0.2, 0.25) is 0 Å². The van der Waals surface area contributed by atoms with Gasteiger partial charge in [0, 0.05) is 17.5 Å². The van der Waals surface area contributed by atoms with E-state index in [1.807, 2.05) is 0 Å². The highest BCUT2D eigenvalue weighted by Crippen LogP contribution is 2.08. The molecule has 0 aliphatic heterocycles. The highest BCUT2D eigenvalue weighted by Gasteiger charge is 2.08. The maximum Gasteiger partial charge on any atom is 0.305 e. The van der Waals surface area contributed by atoms with Gasteiger partial charge in [0.2, 0.25) is 0 Å². The van der Waals surface area contributed by atoms with E-state index < -0.39 is 0 Å². The molecule has 18 heavy (non-hydrogen) atoms. The van der Waals surface area contributed by atoms with Gasteiger partial charge in [0.05, 0.1) is 20.1 Å². The first-order valence-corrected chi connectivity index (χ1v) is 5.56. The van der Waals surface area contributed by atoms with Gasteiger partial charge in [-0.05, 0) is 12.1 Å². The summed E-state index contributed by atoms with van der Waals surface area (Å²) in [5.74, 6) is 5.14. The predicted octanol–water partition coefficient (Wildman–Crippen LogP) is 1.13. The molecule has 0 atom stereocenters. The lowest BCUT2D eigenvalue weighted by atomic mass is 10.0. The second-order valence-electron chi connectivity index (χ2n) is 3.58. The average Bonchev–Trinajstić information content (AvgIpc) is 2.42. The Bertz CT molecular complexity index is 480. The van der Waals surface area contributed by atoms with Crippen molar-refractivity contribution in [2.45, 2.75) is 12.8 Å². The molecule has 0 heterocycles. The smallest absolute Gasteiger partial charge is 0.305 e. The van der Waals surface area contributed by atoms with Crippen LogP contribution in [-0.4, -0.2) is 25.4 Å². The molecule has 0 spiro atoms. The van der Waals surface area contributed by atoms with E-state index in [2.05, 4.69) is 16.6 Å². The molecule has 0 radical (unpaired) electrons. The molecule has 0 saturated carbocycles. The molecule has 2 N–H and O–H groups in total. The van der Waals surface area contributed by atoms with E-state index in [1.165, 1.54) is 7.11 Å². The molecule has 1 aromatic rings. The number of Topliss-reactive ketones (excluding diaryl/α,β-unsaturated/α-hetero) is 1. The van der Waals surface area contributed by atoms with Gasteiger partial charge in [0.25, 0.3) is 0 Å². The number of rotatable bonds is 4. The van der Waals surface area contributed by atoms with Gasteiger partial charge in [-0.15, -0.1) is 0 Å². The van der Waals surface area contributed by atoms with E-state index in [9.17, 15) is 9.59 Å². The number of esters is 1. The van der Waals surface area contributed by atoms with Crippen LogP contribution in [0.5, 0.6) is 0 Å². The fourth-order valence-electron chi connectivity index (χ4n) is 1.35. The van der Waals surface area contributed by atoms with E-state index in [0.717, 1.165) is 5.56 Å². The molecule has 0 aliphatic rings. The Balaban J connectivity index is 2.62. The molecular formula is C14H15NO3. The van der Waals surface area contributed by atoms with E-state index in [0.29, 0.717) is 12.1 Å². The maximum atomic E-state index is 11.7. The van der Waals surface area contributed by atoms with Crippen LogP contribution in [-0.2, 0) is 9.53 Å². The molecule has 0 aromatic heterocycles. The summed E-state index contributed by atoms with van der Waals surface area (Å²) in [6, 6.07) is 6.91. The number of ketones is 1. The fourth-order valence-corrected chi connectivity index (χ4v) is 1.35. The summed E-state index contributed by atoms with van der Waals surface area (Å²) < 4.78 is 4.48. The number of ether oxygens (including phenoxy) is 1. The molecule has 4 nitrogen and oxygen atoms in total. The number of carbonyl (C=O) groups excluding carboxylic acids is 2. The van der Waals surface area contributed by atoms with Crippen LogP contribution in [0.25, 0.3) is 0 Å². The zero-order chi connectivity index (χ0) is 13.4. The van der Waals surface area contributed by atoms with Gasteiger partial charge in [-0.25, -0.2) is 0 Å². The van der Waals surface area contributed by atoms with Crippen molar-refractivity contribution in [2.75, 3.05) is 13.7 Å². The number of hydrogen-bond donors (Lipinski definition) is 1. The number of methoxy groups -OCH3 is 1. The number of hydrogen-bond acceptors (Lipinski definition) is 4. The Labute approximate surface area is 106 Å². The second-order valence-corrected chi connectivity index (χ2v) is 3.58. The van der Waals surface area contributed by atoms with Crippen LogP contribution >= 0.6 is 0 Å². The Kier molecular flexibility index (Phi) is 5.62. The topological polar surface area (TPSA) is 69.4 Å². The normalized spacial score (nSPS) is 9.22. The molecule has 0 aliphatic carbocycles. The zero-order valence-electron chi connectivity index (χ0n) is 10.2. The van der Waals surface area contributed by atoms with E-state index in [1.54, 1.807) is 24.3 Å². The number of carbonyl (C=O) groups is 2. The van der Waals surface area contributed by atoms with Gasteiger partial charge in [0.1, 0.15) is 0 Å². The van der Waals surface area contributed by atoms with Crippen molar-refractivity contribution >= 4 is 11.8 Å². The van der Waals surface area contributed by atoms with Crippen LogP contribution in [0.4, 0.5) is 0 Å². The molecule has 0 fully saturated rings. The molecule has 0 unspecified atom stereocenters. The molecule has 0 bridgehead atoms. The van der Waals surface area contributed by atoms with Crippen molar-refractivity contribution in [3.05, 3.63) is 35.4 Å². The second kappa shape index (κ2) is 7.25. The predicted molar refractivity (Wildman–Crippen MR) is 68.0 cm³/mol. The third-order valence-corrected chi connectivity index (χ3v) is 2.33. The molecule has 0 saturated heterocycles. The fraction of sp³-hybridized carbons (Fsp3) is 0.286. The lowest BCUT2D eigenvalue weighted by molar-refractivity contribution is -0.140. The summed E-state index contributed by atoms with van der Waals surface area (Å²) in [5.41, 5.74) is 6.64. The van der Waals surface area contributed by atoms with Crippen molar-refractivity contribution in [3.63, 3.8) is 0 Å². The van der Waals surface area contributed by atoms with Gasteiger partial charge < -0.3 is 10.5 Å². The third kappa shape index (κ3) is 4.40. The number of benzene rings is 1. The summed E-state index contributed by atoms with van der Waals surface area (Å²) in [5, 5.41) is 0. The molecule has 1 rings (SSSR count). The van der Waals surface area contributed by atoms with Gasteiger partial charge >= 0.3 is 5.97 Å². The standard InChI is InChI=1S/C14H15NO3/c1-18-14(17)9-8-13(16)12-6-4-11(5-7-12)3-2-10-15/h4-7H,8-10,15H2,1H3.